The van der Waals surface area contributed by atoms with Crippen LogP contribution in [-0.4, -0.2) is 15.0 Å². The molecule has 0 aliphatic rings. The van der Waals surface area contributed by atoms with Crippen LogP contribution in [-0.2, 0) is 17.9 Å². The van der Waals surface area contributed by atoms with Gasteiger partial charge in [-0.2, -0.15) is 0 Å². The van der Waals surface area contributed by atoms with Crippen LogP contribution in [0.2, 0.25) is 0 Å². The molecule has 26 heavy (non-hydrogen) atoms. The fraction of sp³-hybridized carbons (Fsp3) is 0.150. The summed E-state index contributed by atoms with van der Waals surface area (Å²) in [7, 11) is 0. The van der Waals surface area contributed by atoms with Crippen molar-refractivity contribution >= 4 is 11.6 Å². The molecule has 0 radical (unpaired) electrons. The maximum atomic E-state index is 12.3. The standard InChI is InChI=1S/C20H19N3O3/c1-15-6-5-9-17(12-15)21-18(24)14-23-11-10-22(19(25)20(23)26)13-16-7-3-2-4-8-16/h2-12H,13-14H2,1H3,(H,21,24). The molecule has 0 aliphatic heterocycles. The van der Waals surface area contributed by atoms with Gasteiger partial charge in [-0.1, -0.05) is 42.5 Å². The van der Waals surface area contributed by atoms with E-state index in [2.05, 4.69) is 5.32 Å². The second-order valence-corrected chi connectivity index (χ2v) is 6.07. The summed E-state index contributed by atoms with van der Waals surface area (Å²) < 4.78 is 2.46. The third kappa shape index (κ3) is 4.16. The predicted molar refractivity (Wildman–Crippen MR) is 100 cm³/mol. The molecular formula is C20H19N3O3. The highest BCUT2D eigenvalue weighted by atomic mass is 16.2. The van der Waals surface area contributed by atoms with Gasteiger partial charge in [-0.3, -0.25) is 19.0 Å². The molecule has 1 N–H and O–H groups in total. The molecule has 0 aliphatic carbocycles. The normalized spacial score (nSPS) is 10.5. The lowest BCUT2D eigenvalue weighted by atomic mass is 10.2. The maximum absolute atomic E-state index is 12.3. The zero-order chi connectivity index (χ0) is 18.5. The molecule has 0 unspecified atom stereocenters. The van der Waals surface area contributed by atoms with E-state index < -0.39 is 11.1 Å². The molecule has 2 aromatic carbocycles. The van der Waals surface area contributed by atoms with Gasteiger partial charge in [-0.15, -0.1) is 0 Å². The average molecular weight is 349 g/mol. The Labute approximate surface area is 150 Å². The van der Waals surface area contributed by atoms with Crippen molar-refractivity contribution in [1.82, 2.24) is 9.13 Å². The lowest BCUT2D eigenvalue weighted by Gasteiger charge is -2.10. The van der Waals surface area contributed by atoms with Crippen molar-refractivity contribution in [1.29, 1.82) is 0 Å². The maximum Gasteiger partial charge on any atom is 0.316 e. The molecule has 0 fully saturated rings. The third-order valence-electron chi connectivity index (χ3n) is 3.94. The van der Waals surface area contributed by atoms with Crippen LogP contribution in [0.25, 0.3) is 0 Å². The number of carbonyl (C=O) groups is 1. The Morgan fingerprint density at radius 2 is 1.62 bits per heavy atom. The van der Waals surface area contributed by atoms with E-state index in [9.17, 15) is 14.4 Å². The van der Waals surface area contributed by atoms with Gasteiger partial charge in [0.05, 0.1) is 6.54 Å². The van der Waals surface area contributed by atoms with Crippen LogP contribution in [0, 0.1) is 6.92 Å². The number of aromatic nitrogens is 2. The highest BCUT2D eigenvalue weighted by Crippen LogP contribution is 2.09. The van der Waals surface area contributed by atoms with Crippen LogP contribution in [0.1, 0.15) is 11.1 Å². The molecular weight excluding hydrogens is 330 g/mol. The van der Waals surface area contributed by atoms with Crippen LogP contribution < -0.4 is 16.4 Å². The smallest absolute Gasteiger partial charge is 0.316 e. The molecule has 6 heteroatoms. The highest BCUT2D eigenvalue weighted by molar-refractivity contribution is 5.90. The zero-order valence-electron chi connectivity index (χ0n) is 14.4. The summed E-state index contributed by atoms with van der Waals surface area (Å²) in [5, 5.41) is 2.72. The van der Waals surface area contributed by atoms with Gasteiger partial charge in [-0.05, 0) is 30.2 Å². The molecule has 0 bridgehead atoms. The number of rotatable bonds is 5. The number of nitrogens with one attached hydrogen (secondary N) is 1. The van der Waals surface area contributed by atoms with Crippen molar-refractivity contribution in [3.63, 3.8) is 0 Å². The lowest BCUT2D eigenvalue weighted by Crippen LogP contribution is -2.42. The van der Waals surface area contributed by atoms with E-state index in [4.69, 9.17) is 0 Å². The predicted octanol–water partition coefficient (Wildman–Crippen LogP) is 2.01. The summed E-state index contributed by atoms with van der Waals surface area (Å²) in [4.78, 5) is 36.7. The van der Waals surface area contributed by atoms with Crippen LogP contribution in [0.5, 0.6) is 0 Å². The fourth-order valence-corrected chi connectivity index (χ4v) is 2.65. The van der Waals surface area contributed by atoms with Crippen molar-refractivity contribution in [2.24, 2.45) is 0 Å². The molecule has 6 nitrogen and oxygen atoms in total. The van der Waals surface area contributed by atoms with E-state index in [0.29, 0.717) is 12.2 Å². The molecule has 1 heterocycles. The fourth-order valence-electron chi connectivity index (χ4n) is 2.65. The van der Waals surface area contributed by atoms with Gasteiger partial charge in [-0.25, -0.2) is 0 Å². The van der Waals surface area contributed by atoms with Gasteiger partial charge >= 0.3 is 11.1 Å². The minimum absolute atomic E-state index is 0.214. The molecule has 1 aromatic heterocycles. The third-order valence-corrected chi connectivity index (χ3v) is 3.94. The van der Waals surface area contributed by atoms with E-state index >= 15 is 0 Å². The first kappa shape index (κ1) is 17.4. The quantitative estimate of drug-likeness (QED) is 0.716. The number of aryl methyl sites for hydroxylation is 1. The van der Waals surface area contributed by atoms with Crippen LogP contribution in [0.3, 0.4) is 0 Å². The summed E-state index contributed by atoms with van der Waals surface area (Å²) in [6.07, 6.45) is 2.99. The Bertz CT molecular complexity index is 1040. The Balaban J connectivity index is 1.75. The molecule has 0 saturated heterocycles. The Morgan fingerprint density at radius 1 is 0.923 bits per heavy atom. The first-order valence-electron chi connectivity index (χ1n) is 8.23. The summed E-state index contributed by atoms with van der Waals surface area (Å²) in [5.41, 5.74) is 1.22. The Hall–Kier alpha value is -3.41. The first-order valence-corrected chi connectivity index (χ1v) is 8.23. The molecule has 1 amide bonds. The first-order chi connectivity index (χ1) is 12.5. The summed E-state index contributed by atoms with van der Waals surface area (Å²) >= 11 is 0. The van der Waals surface area contributed by atoms with Gasteiger partial charge in [0.2, 0.25) is 5.91 Å². The highest BCUT2D eigenvalue weighted by Gasteiger charge is 2.09. The summed E-state index contributed by atoms with van der Waals surface area (Å²) in [5.74, 6) is -0.363. The van der Waals surface area contributed by atoms with E-state index in [-0.39, 0.29) is 12.5 Å². The minimum atomic E-state index is -0.720. The van der Waals surface area contributed by atoms with Crippen molar-refractivity contribution in [3.05, 3.63) is 98.8 Å². The monoisotopic (exact) mass is 349 g/mol. The molecule has 0 spiro atoms. The second kappa shape index (κ2) is 7.65. The van der Waals surface area contributed by atoms with Gasteiger partial charge < -0.3 is 9.88 Å². The Morgan fingerprint density at radius 3 is 2.35 bits per heavy atom. The molecule has 0 saturated carbocycles. The molecule has 3 aromatic rings. The number of hydrogen-bond donors (Lipinski definition) is 1. The lowest BCUT2D eigenvalue weighted by molar-refractivity contribution is -0.116. The van der Waals surface area contributed by atoms with Crippen LogP contribution >= 0.6 is 0 Å². The van der Waals surface area contributed by atoms with Gasteiger partial charge in [0.15, 0.2) is 0 Å². The van der Waals surface area contributed by atoms with Gasteiger partial charge in [0.1, 0.15) is 6.54 Å². The summed E-state index contributed by atoms with van der Waals surface area (Å²) in [6, 6.07) is 16.8. The van der Waals surface area contributed by atoms with Crippen molar-refractivity contribution < 1.29 is 4.79 Å². The molecule has 3 rings (SSSR count). The topological polar surface area (TPSA) is 73.1 Å². The number of amides is 1. The summed E-state index contributed by atoms with van der Waals surface area (Å²) in [6.45, 7) is 2.02. The number of hydrogen-bond acceptors (Lipinski definition) is 3. The van der Waals surface area contributed by atoms with Crippen molar-refractivity contribution in [2.75, 3.05) is 5.32 Å². The van der Waals surface area contributed by atoms with E-state index in [1.54, 1.807) is 6.07 Å². The number of nitrogens with zero attached hydrogens (tertiary/aromatic N) is 2. The largest absolute Gasteiger partial charge is 0.325 e. The number of carbonyl (C=O) groups excluding carboxylic acids is 1. The van der Waals surface area contributed by atoms with Gasteiger partial charge in [0.25, 0.3) is 0 Å². The van der Waals surface area contributed by atoms with E-state index in [1.807, 2.05) is 55.5 Å². The van der Waals surface area contributed by atoms with E-state index in [1.165, 1.54) is 17.0 Å². The average Bonchev–Trinajstić information content (AvgIpc) is 2.62. The van der Waals surface area contributed by atoms with Crippen LogP contribution in [0.4, 0.5) is 5.69 Å². The Kier molecular flexibility index (Phi) is 5.12. The zero-order valence-corrected chi connectivity index (χ0v) is 14.4. The van der Waals surface area contributed by atoms with E-state index in [0.717, 1.165) is 15.7 Å². The molecule has 0 atom stereocenters. The second-order valence-electron chi connectivity index (χ2n) is 6.07. The minimum Gasteiger partial charge on any atom is -0.325 e. The SMILES string of the molecule is Cc1cccc(NC(=O)Cn2ccn(Cc3ccccc3)c(=O)c2=O)c1. The molecule has 132 valence electrons. The number of anilines is 1. The van der Waals surface area contributed by atoms with Crippen molar-refractivity contribution in [3.8, 4) is 0 Å². The van der Waals surface area contributed by atoms with Crippen molar-refractivity contribution in [2.45, 2.75) is 20.0 Å². The number of benzene rings is 2. The van der Waals surface area contributed by atoms with Crippen LogP contribution in [0.15, 0.2) is 76.6 Å². The van der Waals surface area contributed by atoms with Gasteiger partial charge in [0, 0.05) is 18.1 Å².